The highest BCUT2D eigenvalue weighted by Gasteiger charge is 2.28. The molecule has 1 N–H and O–H groups in total. The molecule has 2 aromatic rings. The Kier molecular flexibility index (Phi) is 6.47. The van der Waals surface area contributed by atoms with Crippen LogP contribution in [0.3, 0.4) is 0 Å². The molecule has 1 saturated heterocycles. The molecule has 0 radical (unpaired) electrons. The van der Waals surface area contributed by atoms with E-state index in [4.69, 9.17) is 4.52 Å². The Bertz CT molecular complexity index is 722. The molecule has 0 aromatic carbocycles. The number of nitrogens with zero attached hydrogens (tertiary/aromatic N) is 6. The molecule has 8 heteroatoms. The van der Waals surface area contributed by atoms with E-state index in [1.165, 1.54) is 0 Å². The number of hydrogen-bond acceptors (Lipinski definition) is 5. The van der Waals surface area contributed by atoms with Gasteiger partial charge < -0.3 is 19.3 Å². The summed E-state index contributed by atoms with van der Waals surface area (Å²) in [5, 5.41) is 7.49. The Balaban J connectivity index is 1.48. The second kappa shape index (κ2) is 9.01. The van der Waals surface area contributed by atoms with Gasteiger partial charge in [0.1, 0.15) is 0 Å². The third kappa shape index (κ3) is 4.87. The molecule has 2 aromatic heterocycles. The molecule has 0 amide bonds. The van der Waals surface area contributed by atoms with Crippen molar-refractivity contribution in [2.75, 3.05) is 26.7 Å². The number of rotatable bonds is 6. The minimum atomic E-state index is 0.296. The number of imidazole rings is 1. The van der Waals surface area contributed by atoms with E-state index in [0.717, 1.165) is 50.7 Å². The predicted octanol–water partition coefficient (Wildman–Crippen LogP) is 2.48. The second-order valence-electron chi connectivity index (χ2n) is 7.57. The number of aromatic nitrogens is 4. The third-order valence-electron chi connectivity index (χ3n) is 5.19. The maximum atomic E-state index is 5.30. The van der Waals surface area contributed by atoms with Crippen molar-refractivity contribution in [1.29, 1.82) is 0 Å². The topological polar surface area (TPSA) is 84.4 Å². The van der Waals surface area contributed by atoms with Crippen LogP contribution < -0.4 is 5.32 Å². The smallest absolute Gasteiger partial charge is 0.226 e. The summed E-state index contributed by atoms with van der Waals surface area (Å²) < 4.78 is 7.52. The number of nitrogens with one attached hydrogen (secondary N) is 1. The molecule has 3 heterocycles. The van der Waals surface area contributed by atoms with Crippen LogP contribution >= 0.6 is 0 Å². The van der Waals surface area contributed by atoms with Gasteiger partial charge in [-0.15, -0.1) is 0 Å². The molecule has 1 aliphatic rings. The first kappa shape index (κ1) is 19.4. The van der Waals surface area contributed by atoms with Gasteiger partial charge in [-0.2, -0.15) is 4.98 Å². The van der Waals surface area contributed by atoms with Crippen molar-refractivity contribution < 1.29 is 4.52 Å². The molecule has 0 bridgehead atoms. The second-order valence-corrected chi connectivity index (χ2v) is 7.57. The van der Waals surface area contributed by atoms with E-state index in [-0.39, 0.29) is 0 Å². The number of aryl methyl sites for hydroxylation is 1. The van der Waals surface area contributed by atoms with Gasteiger partial charge in [0.05, 0.1) is 12.4 Å². The van der Waals surface area contributed by atoms with E-state index in [2.05, 4.69) is 61.9 Å². The van der Waals surface area contributed by atoms with Crippen LogP contribution in [0.5, 0.6) is 0 Å². The van der Waals surface area contributed by atoms with Crippen LogP contribution in [0.4, 0.5) is 0 Å². The summed E-state index contributed by atoms with van der Waals surface area (Å²) in [7, 11) is 1.85. The fraction of sp³-hybridized carbons (Fsp3) is 0.684. The number of aliphatic imine (C=N–C) groups is 1. The van der Waals surface area contributed by atoms with Crippen LogP contribution in [0.15, 0.2) is 28.2 Å². The maximum Gasteiger partial charge on any atom is 0.226 e. The first-order valence-electron chi connectivity index (χ1n) is 9.84. The van der Waals surface area contributed by atoms with Crippen LogP contribution in [0, 0.1) is 5.92 Å². The van der Waals surface area contributed by atoms with Gasteiger partial charge in [0.25, 0.3) is 0 Å². The lowest BCUT2D eigenvalue weighted by molar-refractivity contribution is 0.189. The van der Waals surface area contributed by atoms with Crippen molar-refractivity contribution in [3.05, 3.63) is 30.4 Å². The molecule has 8 nitrogen and oxygen atoms in total. The zero-order valence-corrected chi connectivity index (χ0v) is 16.8. The number of likely N-dealkylation sites (tertiary alicyclic amines) is 1. The molecule has 0 aliphatic carbocycles. The van der Waals surface area contributed by atoms with Crippen LogP contribution in [0.25, 0.3) is 0 Å². The first-order chi connectivity index (χ1) is 13.1. The van der Waals surface area contributed by atoms with Gasteiger partial charge in [-0.25, -0.2) is 4.98 Å². The maximum absolute atomic E-state index is 5.30. The molecule has 2 unspecified atom stereocenters. The van der Waals surface area contributed by atoms with Crippen molar-refractivity contribution in [3.8, 4) is 0 Å². The molecule has 2 atom stereocenters. The molecule has 1 aliphatic heterocycles. The van der Waals surface area contributed by atoms with Gasteiger partial charge in [0.15, 0.2) is 11.8 Å². The summed E-state index contributed by atoms with van der Waals surface area (Å²) in [6.45, 7) is 9.24. The Hall–Kier alpha value is -2.38. The zero-order valence-electron chi connectivity index (χ0n) is 16.8. The lowest BCUT2D eigenvalue weighted by atomic mass is 9.93. The van der Waals surface area contributed by atoms with Crippen molar-refractivity contribution in [1.82, 2.24) is 29.9 Å². The standard InChI is InChI=1S/C19H31N7O/c1-14(2)18-23-17(27-24-18)6-5-8-22-19(20-4)25-10-7-15(3)16(12-25)26-11-9-21-13-26/h9,11,13-16H,5-8,10,12H2,1-4H3,(H,20,22). The Morgan fingerprint density at radius 1 is 1.44 bits per heavy atom. The molecule has 1 fully saturated rings. The fourth-order valence-corrected chi connectivity index (χ4v) is 3.47. The lowest BCUT2D eigenvalue weighted by Gasteiger charge is -2.39. The molecule has 27 heavy (non-hydrogen) atoms. The quantitative estimate of drug-likeness (QED) is 0.476. The average molecular weight is 374 g/mol. The average Bonchev–Trinajstić information content (AvgIpc) is 3.34. The van der Waals surface area contributed by atoms with Crippen LogP contribution in [-0.4, -0.2) is 57.2 Å². The van der Waals surface area contributed by atoms with E-state index >= 15 is 0 Å². The van der Waals surface area contributed by atoms with E-state index in [0.29, 0.717) is 23.8 Å². The normalized spacial score (nSPS) is 21.1. The van der Waals surface area contributed by atoms with E-state index in [9.17, 15) is 0 Å². The van der Waals surface area contributed by atoms with Crippen LogP contribution in [0.1, 0.15) is 57.3 Å². The highest BCUT2D eigenvalue weighted by Crippen LogP contribution is 2.27. The summed E-state index contributed by atoms with van der Waals surface area (Å²) in [6.07, 6.45) is 8.66. The number of hydrogen-bond donors (Lipinski definition) is 1. The van der Waals surface area contributed by atoms with Gasteiger partial charge in [-0.3, -0.25) is 4.99 Å². The predicted molar refractivity (Wildman–Crippen MR) is 105 cm³/mol. The summed E-state index contributed by atoms with van der Waals surface area (Å²) in [4.78, 5) is 15.5. The van der Waals surface area contributed by atoms with E-state index < -0.39 is 0 Å². The van der Waals surface area contributed by atoms with Crippen molar-refractivity contribution >= 4 is 5.96 Å². The summed E-state index contributed by atoms with van der Waals surface area (Å²) >= 11 is 0. The minimum absolute atomic E-state index is 0.296. The van der Waals surface area contributed by atoms with Gasteiger partial charge >= 0.3 is 0 Å². The molecular formula is C19H31N7O. The summed E-state index contributed by atoms with van der Waals surface area (Å²) in [5.41, 5.74) is 0. The van der Waals surface area contributed by atoms with Gasteiger partial charge in [0.2, 0.25) is 5.89 Å². The third-order valence-corrected chi connectivity index (χ3v) is 5.19. The Morgan fingerprint density at radius 2 is 2.30 bits per heavy atom. The Labute approximate surface area is 161 Å². The first-order valence-corrected chi connectivity index (χ1v) is 9.84. The molecule has 0 spiro atoms. The largest absolute Gasteiger partial charge is 0.356 e. The van der Waals surface area contributed by atoms with Crippen molar-refractivity contribution in [3.63, 3.8) is 0 Å². The minimum Gasteiger partial charge on any atom is -0.356 e. The number of guanidine groups is 1. The molecule has 3 rings (SSSR count). The molecular weight excluding hydrogens is 342 g/mol. The van der Waals surface area contributed by atoms with Gasteiger partial charge in [-0.1, -0.05) is 25.9 Å². The highest BCUT2D eigenvalue weighted by molar-refractivity contribution is 5.80. The summed E-state index contributed by atoms with van der Waals surface area (Å²) in [5.74, 6) is 3.37. The highest BCUT2D eigenvalue weighted by atomic mass is 16.5. The number of piperidine rings is 1. The molecule has 148 valence electrons. The van der Waals surface area contributed by atoms with Crippen LogP contribution in [0.2, 0.25) is 0 Å². The Morgan fingerprint density at radius 3 is 2.96 bits per heavy atom. The van der Waals surface area contributed by atoms with Crippen molar-refractivity contribution in [2.45, 2.75) is 52.0 Å². The lowest BCUT2D eigenvalue weighted by Crippen LogP contribution is -2.49. The van der Waals surface area contributed by atoms with Gasteiger partial charge in [-0.05, 0) is 18.8 Å². The zero-order chi connectivity index (χ0) is 19.2. The van der Waals surface area contributed by atoms with E-state index in [1.807, 2.05) is 19.6 Å². The SMILES string of the molecule is CN=C(NCCCc1nc(C(C)C)no1)N1CCC(C)C(n2ccnc2)C1. The van der Waals surface area contributed by atoms with Crippen molar-refractivity contribution in [2.24, 2.45) is 10.9 Å². The fourth-order valence-electron chi connectivity index (χ4n) is 3.47. The van der Waals surface area contributed by atoms with E-state index in [1.54, 1.807) is 0 Å². The monoisotopic (exact) mass is 373 g/mol. The molecule has 0 saturated carbocycles. The summed E-state index contributed by atoms with van der Waals surface area (Å²) in [6, 6.07) is 0.424. The van der Waals surface area contributed by atoms with Crippen LogP contribution in [-0.2, 0) is 6.42 Å². The van der Waals surface area contributed by atoms with Gasteiger partial charge in [0, 0.05) is 51.4 Å².